The molecule has 1 heterocycles. The van der Waals surface area contributed by atoms with Crippen molar-refractivity contribution >= 4 is 5.78 Å². The van der Waals surface area contributed by atoms with Crippen LogP contribution in [0.25, 0.3) is 0 Å². The highest BCUT2D eigenvalue weighted by atomic mass is 16.2. The third kappa shape index (κ3) is 1.44. The van der Waals surface area contributed by atoms with Gasteiger partial charge in [0.25, 0.3) is 5.56 Å². The first kappa shape index (κ1) is 9.89. The second-order valence-electron chi connectivity index (χ2n) is 4.20. The molecular formula is C10H12N2O3. The van der Waals surface area contributed by atoms with E-state index in [1.54, 1.807) is 0 Å². The highest BCUT2D eigenvalue weighted by molar-refractivity contribution is 5.93. The number of aromatic nitrogens is 2. The SMILES string of the molecule is CC(=O)c1c[nH]c(=O)n(C2(C)CC2)c1=O. The highest BCUT2D eigenvalue weighted by Crippen LogP contribution is 2.40. The van der Waals surface area contributed by atoms with E-state index >= 15 is 0 Å². The number of carbonyl (C=O) groups is 1. The fourth-order valence-corrected chi connectivity index (χ4v) is 1.62. The highest BCUT2D eigenvalue weighted by Gasteiger charge is 2.42. The van der Waals surface area contributed by atoms with Crippen LogP contribution in [0.1, 0.15) is 37.0 Å². The van der Waals surface area contributed by atoms with Crippen LogP contribution in [-0.2, 0) is 5.54 Å². The number of aromatic amines is 1. The number of hydrogen-bond acceptors (Lipinski definition) is 3. The topological polar surface area (TPSA) is 71.9 Å². The molecule has 5 nitrogen and oxygen atoms in total. The Labute approximate surface area is 85.7 Å². The van der Waals surface area contributed by atoms with Crippen LogP contribution < -0.4 is 11.2 Å². The van der Waals surface area contributed by atoms with E-state index in [0.717, 1.165) is 17.4 Å². The zero-order valence-corrected chi connectivity index (χ0v) is 8.66. The second kappa shape index (κ2) is 2.92. The second-order valence-corrected chi connectivity index (χ2v) is 4.20. The van der Waals surface area contributed by atoms with Crippen molar-refractivity contribution in [1.29, 1.82) is 0 Å². The maximum absolute atomic E-state index is 11.8. The molecule has 1 aliphatic rings. The van der Waals surface area contributed by atoms with Crippen LogP contribution in [0.15, 0.2) is 15.8 Å². The molecule has 0 aromatic carbocycles. The van der Waals surface area contributed by atoms with Crippen LogP contribution in [0.5, 0.6) is 0 Å². The van der Waals surface area contributed by atoms with Crippen molar-refractivity contribution in [3.05, 3.63) is 32.6 Å². The summed E-state index contributed by atoms with van der Waals surface area (Å²) in [5, 5.41) is 0. The van der Waals surface area contributed by atoms with Gasteiger partial charge in [-0.2, -0.15) is 0 Å². The molecule has 0 aliphatic heterocycles. The monoisotopic (exact) mass is 208 g/mol. The Morgan fingerprint density at radius 3 is 2.53 bits per heavy atom. The van der Waals surface area contributed by atoms with Gasteiger partial charge in [-0.15, -0.1) is 0 Å². The Morgan fingerprint density at radius 1 is 1.47 bits per heavy atom. The van der Waals surface area contributed by atoms with Crippen molar-refractivity contribution in [2.45, 2.75) is 32.2 Å². The number of carbonyl (C=O) groups excluding carboxylic acids is 1. The number of hydrogen-bond donors (Lipinski definition) is 1. The quantitative estimate of drug-likeness (QED) is 0.708. The van der Waals surface area contributed by atoms with Crippen LogP contribution in [-0.4, -0.2) is 15.3 Å². The van der Waals surface area contributed by atoms with Crippen LogP contribution in [0.3, 0.4) is 0 Å². The van der Waals surface area contributed by atoms with Gasteiger partial charge in [0.2, 0.25) is 0 Å². The third-order valence-electron chi connectivity index (χ3n) is 2.87. The molecule has 1 saturated carbocycles. The minimum Gasteiger partial charge on any atom is -0.313 e. The third-order valence-corrected chi connectivity index (χ3v) is 2.87. The lowest BCUT2D eigenvalue weighted by Gasteiger charge is -2.11. The fourth-order valence-electron chi connectivity index (χ4n) is 1.62. The van der Waals surface area contributed by atoms with E-state index < -0.39 is 16.8 Å². The molecule has 2 rings (SSSR count). The van der Waals surface area contributed by atoms with Crippen molar-refractivity contribution in [2.75, 3.05) is 0 Å². The van der Waals surface area contributed by atoms with Gasteiger partial charge in [-0.25, -0.2) is 4.79 Å². The lowest BCUT2D eigenvalue weighted by molar-refractivity contribution is 0.101. The van der Waals surface area contributed by atoms with Crippen molar-refractivity contribution in [2.24, 2.45) is 0 Å². The van der Waals surface area contributed by atoms with Gasteiger partial charge >= 0.3 is 5.69 Å². The van der Waals surface area contributed by atoms with Gasteiger partial charge in [0.1, 0.15) is 0 Å². The van der Waals surface area contributed by atoms with E-state index in [1.165, 1.54) is 13.1 Å². The molecule has 5 heteroatoms. The average Bonchev–Trinajstić information content (AvgIpc) is 2.83. The summed E-state index contributed by atoms with van der Waals surface area (Å²) in [6, 6.07) is 0. The lowest BCUT2D eigenvalue weighted by atomic mass is 10.2. The predicted octanol–water partition coefficient (Wildman–Crippen LogP) is 0.248. The lowest BCUT2D eigenvalue weighted by Crippen LogP contribution is -2.42. The molecule has 1 fully saturated rings. The fraction of sp³-hybridized carbons (Fsp3) is 0.500. The van der Waals surface area contributed by atoms with E-state index in [2.05, 4.69) is 4.98 Å². The van der Waals surface area contributed by atoms with E-state index in [9.17, 15) is 14.4 Å². The molecule has 0 unspecified atom stereocenters. The first-order chi connectivity index (χ1) is 6.96. The summed E-state index contributed by atoms with van der Waals surface area (Å²) in [6.07, 6.45) is 2.80. The average molecular weight is 208 g/mol. The largest absolute Gasteiger partial charge is 0.328 e. The van der Waals surface area contributed by atoms with Crippen molar-refractivity contribution in [3.63, 3.8) is 0 Å². The summed E-state index contributed by atoms with van der Waals surface area (Å²) in [7, 11) is 0. The van der Waals surface area contributed by atoms with Crippen LogP contribution in [0, 0.1) is 0 Å². The molecule has 1 N–H and O–H groups in total. The van der Waals surface area contributed by atoms with Gasteiger partial charge < -0.3 is 4.98 Å². The minimum absolute atomic E-state index is 0.0442. The summed E-state index contributed by atoms with van der Waals surface area (Å²) in [5.74, 6) is -0.325. The van der Waals surface area contributed by atoms with E-state index in [4.69, 9.17) is 0 Å². The molecule has 0 amide bonds. The standard InChI is InChI=1S/C10H12N2O3/c1-6(13)7-5-11-9(15)12(8(7)14)10(2)3-4-10/h5H,3-4H2,1-2H3,(H,11,15). The minimum atomic E-state index is -0.480. The molecule has 0 spiro atoms. The van der Waals surface area contributed by atoms with Crippen LogP contribution in [0.2, 0.25) is 0 Å². The summed E-state index contributed by atoms with van der Waals surface area (Å²) in [6.45, 7) is 3.15. The Morgan fingerprint density at radius 2 is 2.07 bits per heavy atom. The number of ketones is 1. The number of rotatable bonds is 2. The Bertz CT molecular complexity index is 534. The summed E-state index contributed by atoms with van der Waals surface area (Å²) < 4.78 is 1.16. The van der Waals surface area contributed by atoms with Crippen molar-refractivity contribution < 1.29 is 4.79 Å². The summed E-state index contributed by atoms with van der Waals surface area (Å²) in [4.78, 5) is 36.9. The molecule has 0 bridgehead atoms. The van der Waals surface area contributed by atoms with E-state index in [0.29, 0.717) is 0 Å². The van der Waals surface area contributed by atoms with Crippen molar-refractivity contribution in [1.82, 2.24) is 9.55 Å². The zero-order valence-electron chi connectivity index (χ0n) is 8.66. The zero-order chi connectivity index (χ0) is 11.2. The Balaban J connectivity index is 2.74. The molecule has 1 aromatic rings. The van der Waals surface area contributed by atoms with Gasteiger partial charge in [0.15, 0.2) is 5.78 Å². The maximum Gasteiger partial charge on any atom is 0.328 e. The van der Waals surface area contributed by atoms with Gasteiger partial charge in [0.05, 0.1) is 11.1 Å². The Hall–Kier alpha value is -1.65. The van der Waals surface area contributed by atoms with Gasteiger partial charge in [-0.1, -0.05) is 0 Å². The number of Topliss-reactive ketones (excluding diaryl/α,β-unsaturated/α-hetero) is 1. The molecular weight excluding hydrogens is 196 g/mol. The first-order valence-electron chi connectivity index (χ1n) is 4.82. The van der Waals surface area contributed by atoms with Crippen molar-refractivity contribution in [3.8, 4) is 0 Å². The molecule has 80 valence electrons. The number of nitrogens with zero attached hydrogens (tertiary/aromatic N) is 1. The smallest absolute Gasteiger partial charge is 0.313 e. The summed E-state index contributed by atoms with van der Waals surface area (Å²) in [5.41, 5.74) is -1.27. The van der Waals surface area contributed by atoms with E-state index in [-0.39, 0.29) is 11.3 Å². The van der Waals surface area contributed by atoms with Crippen LogP contribution >= 0.6 is 0 Å². The molecule has 1 aromatic heterocycles. The molecule has 1 aliphatic carbocycles. The molecule has 0 radical (unpaired) electrons. The number of H-pyrrole nitrogens is 1. The molecule has 0 atom stereocenters. The van der Waals surface area contributed by atoms with Gasteiger partial charge in [-0.05, 0) is 26.7 Å². The molecule has 15 heavy (non-hydrogen) atoms. The first-order valence-corrected chi connectivity index (χ1v) is 4.82. The maximum atomic E-state index is 11.8. The van der Waals surface area contributed by atoms with Gasteiger partial charge in [0, 0.05) is 6.20 Å². The van der Waals surface area contributed by atoms with Crippen LogP contribution in [0.4, 0.5) is 0 Å². The van der Waals surface area contributed by atoms with Gasteiger partial charge in [-0.3, -0.25) is 14.2 Å². The predicted molar refractivity (Wildman–Crippen MR) is 54.2 cm³/mol. The molecule has 0 saturated heterocycles. The number of nitrogens with one attached hydrogen (secondary N) is 1. The van der Waals surface area contributed by atoms with E-state index in [1.807, 2.05) is 6.92 Å². The normalized spacial score (nSPS) is 17.5. The Kier molecular flexibility index (Phi) is 1.92. The summed E-state index contributed by atoms with van der Waals surface area (Å²) >= 11 is 0.